The molecule has 0 saturated heterocycles. The Morgan fingerprint density at radius 3 is 2.56 bits per heavy atom. The van der Waals surface area contributed by atoms with Crippen molar-refractivity contribution in [1.82, 2.24) is 5.32 Å². The Morgan fingerprint density at radius 2 is 2.00 bits per heavy atom. The van der Waals surface area contributed by atoms with Gasteiger partial charge < -0.3 is 14.8 Å². The number of hydrogen-bond donors (Lipinski definition) is 1. The highest BCUT2D eigenvalue weighted by atomic mass is 16.5. The summed E-state index contributed by atoms with van der Waals surface area (Å²) in [6.07, 6.45) is 6.02. The molecule has 1 unspecified atom stereocenters. The molecule has 0 amide bonds. The number of carbonyl (C=O) groups is 1. The zero-order valence-corrected chi connectivity index (χ0v) is 12.0. The van der Waals surface area contributed by atoms with Gasteiger partial charge in [-0.05, 0) is 39.7 Å². The van der Waals surface area contributed by atoms with Gasteiger partial charge >= 0.3 is 5.97 Å². The Kier molecular flexibility index (Phi) is 6.65. The maximum Gasteiger partial charge on any atom is 0.328 e. The molecule has 1 aliphatic rings. The molecular formula is C14H27NO3. The molecule has 0 aliphatic heterocycles. The van der Waals surface area contributed by atoms with Crippen LogP contribution in [0.3, 0.4) is 0 Å². The van der Waals surface area contributed by atoms with Crippen molar-refractivity contribution in [3.8, 4) is 0 Å². The average Bonchev–Trinajstić information content (AvgIpc) is 2.87. The zero-order chi connectivity index (χ0) is 13.4. The lowest BCUT2D eigenvalue weighted by atomic mass is 10.0. The third-order valence-electron chi connectivity index (χ3n) is 3.40. The van der Waals surface area contributed by atoms with E-state index in [1.165, 1.54) is 12.8 Å². The van der Waals surface area contributed by atoms with Gasteiger partial charge in [0.15, 0.2) is 0 Å². The molecule has 4 nitrogen and oxygen atoms in total. The van der Waals surface area contributed by atoms with Gasteiger partial charge in [-0.25, -0.2) is 4.79 Å². The second kappa shape index (κ2) is 7.74. The number of ether oxygens (including phenoxy) is 2. The first-order chi connectivity index (χ1) is 8.62. The second-order valence-corrected chi connectivity index (χ2v) is 5.20. The van der Waals surface area contributed by atoms with Crippen LogP contribution >= 0.6 is 0 Å². The third kappa shape index (κ3) is 4.58. The van der Waals surface area contributed by atoms with Crippen molar-refractivity contribution in [2.45, 2.75) is 64.5 Å². The van der Waals surface area contributed by atoms with Crippen LogP contribution in [0.1, 0.15) is 52.9 Å². The van der Waals surface area contributed by atoms with Crippen molar-refractivity contribution in [2.75, 3.05) is 19.8 Å². The van der Waals surface area contributed by atoms with E-state index >= 15 is 0 Å². The minimum atomic E-state index is -0.714. The highest BCUT2D eigenvalue weighted by Crippen LogP contribution is 2.22. The summed E-state index contributed by atoms with van der Waals surface area (Å²) in [5.41, 5.74) is -0.714. The smallest absolute Gasteiger partial charge is 0.328 e. The first-order valence-electron chi connectivity index (χ1n) is 7.16. The molecule has 1 saturated carbocycles. The summed E-state index contributed by atoms with van der Waals surface area (Å²) >= 11 is 0. The SMILES string of the molecule is CCCNC(C)(COC1CCCC1)C(=O)OCC. The first-order valence-corrected chi connectivity index (χ1v) is 7.16. The number of esters is 1. The van der Waals surface area contributed by atoms with Crippen LogP contribution in [0.5, 0.6) is 0 Å². The summed E-state index contributed by atoms with van der Waals surface area (Å²) in [6, 6.07) is 0. The fraction of sp³-hybridized carbons (Fsp3) is 0.929. The van der Waals surface area contributed by atoms with Crippen molar-refractivity contribution in [3.05, 3.63) is 0 Å². The fourth-order valence-electron chi connectivity index (χ4n) is 2.21. The average molecular weight is 257 g/mol. The Labute approximate surface area is 110 Å². The van der Waals surface area contributed by atoms with E-state index in [0.717, 1.165) is 25.8 Å². The largest absolute Gasteiger partial charge is 0.465 e. The normalized spacial score (nSPS) is 19.7. The Bertz CT molecular complexity index is 251. The van der Waals surface area contributed by atoms with Crippen molar-refractivity contribution in [3.63, 3.8) is 0 Å². The van der Waals surface area contributed by atoms with Gasteiger partial charge in [0.25, 0.3) is 0 Å². The van der Waals surface area contributed by atoms with E-state index in [4.69, 9.17) is 9.47 Å². The summed E-state index contributed by atoms with van der Waals surface area (Å²) in [6.45, 7) is 7.38. The van der Waals surface area contributed by atoms with Crippen LogP contribution in [0, 0.1) is 0 Å². The topological polar surface area (TPSA) is 47.6 Å². The summed E-state index contributed by atoms with van der Waals surface area (Å²) < 4.78 is 11.0. The van der Waals surface area contributed by atoms with Crippen molar-refractivity contribution >= 4 is 5.97 Å². The van der Waals surface area contributed by atoms with Crippen LogP contribution in [0.15, 0.2) is 0 Å². The van der Waals surface area contributed by atoms with E-state index < -0.39 is 5.54 Å². The first kappa shape index (κ1) is 15.4. The quantitative estimate of drug-likeness (QED) is 0.678. The second-order valence-electron chi connectivity index (χ2n) is 5.20. The van der Waals surface area contributed by atoms with Crippen LogP contribution < -0.4 is 5.32 Å². The molecule has 0 aromatic heterocycles. The lowest BCUT2D eigenvalue weighted by Crippen LogP contribution is -2.54. The summed E-state index contributed by atoms with van der Waals surface area (Å²) in [4.78, 5) is 12.0. The van der Waals surface area contributed by atoms with E-state index in [1.54, 1.807) is 0 Å². The zero-order valence-electron chi connectivity index (χ0n) is 12.0. The molecule has 1 N–H and O–H groups in total. The van der Waals surface area contributed by atoms with Crippen LogP contribution in [-0.4, -0.2) is 37.4 Å². The molecular weight excluding hydrogens is 230 g/mol. The predicted molar refractivity (Wildman–Crippen MR) is 71.5 cm³/mol. The number of rotatable bonds is 8. The van der Waals surface area contributed by atoms with E-state index in [-0.39, 0.29) is 5.97 Å². The van der Waals surface area contributed by atoms with Gasteiger partial charge in [0.05, 0.1) is 19.3 Å². The molecule has 1 rings (SSSR count). The van der Waals surface area contributed by atoms with E-state index in [2.05, 4.69) is 12.2 Å². The molecule has 1 aliphatic carbocycles. The molecule has 0 aromatic carbocycles. The standard InChI is InChI=1S/C14H27NO3/c1-4-10-15-14(3,13(16)17-5-2)11-18-12-8-6-7-9-12/h12,15H,4-11H2,1-3H3. The van der Waals surface area contributed by atoms with Crippen molar-refractivity contribution < 1.29 is 14.3 Å². The Morgan fingerprint density at radius 1 is 1.33 bits per heavy atom. The van der Waals surface area contributed by atoms with Gasteiger partial charge in [-0.15, -0.1) is 0 Å². The maximum atomic E-state index is 12.0. The molecule has 0 spiro atoms. The van der Waals surface area contributed by atoms with E-state index in [9.17, 15) is 4.79 Å². The van der Waals surface area contributed by atoms with Crippen LogP contribution in [0.25, 0.3) is 0 Å². The van der Waals surface area contributed by atoms with Gasteiger partial charge in [0.1, 0.15) is 5.54 Å². The van der Waals surface area contributed by atoms with Crippen LogP contribution in [0.2, 0.25) is 0 Å². The van der Waals surface area contributed by atoms with Gasteiger partial charge in [0.2, 0.25) is 0 Å². The molecule has 106 valence electrons. The highest BCUT2D eigenvalue weighted by molar-refractivity contribution is 5.80. The van der Waals surface area contributed by atoms with Crippen LogP contribution in [0.4, 0.5) is 0 Å². The third-order valence-corrected chi connectivity index (χ3v) is 3.40. The maximum absolute atomic E-state index is 12.0. The van der Waals surface area contributed by atoms with Gasteiger partial charge in [0, 0.05) is 0 Å². The number of nitrogens with one attached hydrogen (secondary N) is 1. The van der Waals surface area contributed by atoms with Gasteiger partial charge in [-0.3, -0.25) is 0 Å². The molecule has 0 heterocycles. The highest BCUT2D eigenvalue weighted by Gasteiger charge is 2.35. The monoisotopic (exact) mass is 257 g/mol. The molecule has 0 radical (unpaired) electrons. The van der Waals surface area contributed by atoms with Crippen LogP contribution in [-0.2, 0) is 14.3 Å². The van der Waals surface area contributed by atoms with Crippen molar-refractivity contribution in [1.29, 1.82) is 0 Å². The number of hydrogen-bond acceptors (Lipinski definition) is 4. The fourth-order valence-corrected chi connectivity index (χ4v) is 2.21. The van der Waals surface area contributed by atoms with Gasteiger partial charge in [-0.1, -0.05) is 19.8 Å². The summed E-state index contributed by atoms with van der Waals surface area (Å²) in [5.74, 6) is -0.212. The Hall–Kier alpha value is -0.610. The van der Waals surface area contributed by atoms with E-state index in [1.807, 2.05) is 13.8 Å². The minimum absolute atomic E-state index is 0.212. The van der Waals surface area contributed by atoms with Crippen molar-refractivity contribution in [2.24, 2.45) is 0 Å². The van der Waals surface area contributed by atoms with E-state index in [0.29, 0.717) is 19.3 Å². The summed E-state index contributed by atoms with van der Waals surface area (Å²) in [7, 11) is 0. The predicted octanol–water partition coefficient (Wildman–Crippen LogP) is 2.27. The minimum Gasteiger partial charge on any atom is -0.465 e. The molecule has 0 bridgehead atoms. The molecule has 1 fully saturated rings. The Balaban J connectivity index is 2.49. The lowest BCUT2D eigenvalue weighted by Gasteiger charge is -2.29. The molecule has 18 heavy (non-hydrogen) atoms. The lowest BCUT2D eigenvalue weighted by molar-refractivity contribution is -0.154. The summed E-state index contributed by atoms with van der Waals surface area (Å²) in [5, 5.41) is 3.25. The molecule has 1 atom stereocenters. The molecule has 0 aromatic rings. The van der Waals surface area contributed by atoms with Gasteiger partial charge in [-0.2, -0.15) is 0 Å². The molecule has 4 heteroatoms. The number of carbonyl (C=O) groups excluding carboxylic acids is 1.